The van der Waals surface area contributed by atoms with Crippen LogP contribution in [0.1, 0.15) is 6.92 Å². The van der Waals surface area contributed by atoms with Gasteiger partial charge in [0.1, 0.15) is 11.5 Å². The summed E-state index contributed by atoms with van der Waals surface area (Å²) in [6.07, 6.45) is 0. The Morgan fingerprint density at radius 3 is 2.42 bits per heavy atom. The first-order chi connectivity index (χ1) is 14.8. The van der Waals surface area contributed by atoms with Gasteiger partial charge < -0.3 is 14.4 Å². The number of amidine groups is 1. The molecule has 1 amide bonds. The molecule has 2 unspecified atom stereocenters. The van der Waals surface area contributed by atoms with Crippen LogP contribution < -0.4 is 14.4 Å². The minimum Gasteiger partial charge on any atom is -0.494 e. The molecule has 2 atom stereocenters. The molecular formula is C21H21ClN2O5S2. The van der Waals surface area contributed by atoms with Crippen molar-refractivity contribution in [2.75, 3.05) is 29.6 Å². The Morgan fingerprint density at radius 2 is 1.74 bits per heavy atom. The lowest BCUT2D eigenvalue weighted by Gasteiger charge is -2.24. The Morgan fingerprint density at radius 1 is 1.10 bits per heavy atom. The average Bonchev–Trinajstić information content (AvgIpc) is 3.19. The molecule has 4 rings (SSSR count). The number of hydrogen-bond acceptors (Lipinski definition) is 6. The van der Waals surface area contributed by atoms with Crippen molar-refractivity contribution >= 4 is 50.0 Å². The monoisotopic (exact) mass is 480 g/mol. The molecule has 0 aromatic heterocycles. The number of nitrogens with zero attached hydrogens (tertiary/aromatic N) is 2. The van der Waals surface area contributed by atoms with Gasteiger partial charge in [-0.1, -0.05) is 23.4 Å². The highest BCUT2D eigenvalue weighted by Crippen LogP contribution is 2.41. The molecule has 164 valence electrons. The normalized spacial score (nSPS) is 23.0. The summed E-state index contributed by atoms with van der Waals surface area (Å²) < 4.78 is 35.3. The van der Waals surface area contributed by atoms with E-state index in [9.17, 15) is 13.2 Å². The minimum atomic E-state index is -3.13. The van der Waals surface area contributed by atoms with Crippen LogP contribution in [0, 0.1) is 0 Å². The fraction of sp³-hybridized carbons (Fsp3) is 0.333. The molecule has 10 heteroatoms. The SMILES string of the molecule is CCOc1ccc(N2C(=NC(=O)COc3ccc(Cl)cc3)SC3CS(=O)(=O)CC32)cc1. The van der Waals surface area contributed by atoms with Crippen molar-refractivity contribution in [3.8, 4) is 11.5 Å². The highest BCUT2D eigenvalue weighted by atomic mass is 35.5. The quantitative estimate of drug-likeness (QED) is 0.626. The number of rotatable bonds is 6. The molecule has 0 spiro atoms. The Labute approximate surface area is 190 Å². The summed E-state index contributed by atoms with van der Waals surface area (Å²) >= 11 is 7.18. The van der Waals surface area contributed by atoms with Gasteiger partial charge in [0, 0.05) is 16.0 Å². The molecule has 7 nitrogen and oxygen atoms in total. The first-order valence-electron chi connectivity index (χ1n) is 9.74. The first-order valence-corrected chi connectivity index (χ1v) is 12.8. The summed E-state index contributed by atoms with van der Waals surface area (Å²) in [5.74, 6) is 0.899. The smallest absolute Gasteiger partial charge is 0.285 e. The second-order valence-corrected chi connectivity index (χ2v) is 10.9. The number of aliphatic imine (C=N–C) groups is 1. The van der Waals surface area contributed by atoms with Gasteiger partial charge in [0.15, 0.2) is 21.6 Å². The van der Waals surface area contributed by atoms with Crippen molar-refractivity contribution in [3.05, 3.63) is 53.6 Å². The molecule has 2 saturated heterocycles. The van der Waals surface area contributed by atoms with Gasteiger partial charge in [0.25, 0.3) is 5.91 Å². The van der Waals surface area contributed by atoms with Crippen LogP contribution in [0.4, 0.5) is 5.69 Å². The van der Waals surface area contributed by atoms with E-state index in [1.54, 1.807) is 24.3 Å². The zero-order valence-electron chi connectivity index (χ0n) is 16.7. The number of sulfone groups is 1. The van der Waals surface area contributed by atoms with Crippen LogP contribution in [0.2, 0.25) is 5.02 Å². The Bertz CT molecular complexity index is 1090. The number of ether oxygens (including phenoxy) is 2. The van der Waals surface area contributed by atoms with Crippen LogP contribution in [0.15, 0.2) is 53.5 Å². The maximum atomic E-state index is 12.5. The van der Waals surface area contributed by atoms with E-state index in [4.69, 9.17) is 21.1 Å². The van der Waals surface area contributed by atoms with Crippen molar-refractivity contribution < 1.29 is 22.7 Å². The van der Waals surface area contributed by atoms with E-state index < -0.39 is 15.7 Å². The molecule has 0 aliphatic carbocycles. The fourth-order valence-corrected chi connectivity index (χ4v) is 7.61. The highest BCUT2D eigenvalue weighted by Gasteiger charge is 2.49. The Balaban J connectivity index is 1.54. The van der Waals surface area contributed by atoms with Crippen molar-refractivity contribution in [2.45, 2.75) is 18.2 Å². The van der Waals surface area contributed by atoms with E-state index in [2.05, 4.69) is 4.99 Å². The zero-order valence-corrected chi connectivity index (χ0v) is 19.1. The zero-order chi connectivity index (χ0) is 22.0. The van der Waals surface area contributed by atoms with E-state index in [0.717, 1.165) is 11.4 Å². The van der Waals surface area contributed by atoms with Crippen LogP contribution in [-0.2, 0) is 14.6 Å². The van der Waals surface area contributed by atoms with Crippen LogP contribution in [0.25, 0.3) is 0 Å². The van der Waals surface area contributed by atoms with Gasteiger partial charge in [-0.25, -0.2) is 8.42 Å². The van der Waals surface area contributed by atoms with E-state index in [1.807, 2.05) is 36.1 Å². The summed E-state index contributed by atoms with van der Waals surface area (Å²) in [4.78, 5) is 18.6. The van der Waals surface area contributed by atoms with Gasteiger partial charge in [0.2, 0.25) is 0 Å². The number of benzene rings is 2. The lowest BCUT2D eigenvalue weighted by molar-refractivity contribution is -0.119. The number of anilines is 1. The minimum absolute atomic E-state index is 0.0341. The predicted octanol–water partition coefficient (Wildman–Crippen LogP) is 3.42. The van der Waals surface area contributed by atoms with Gasteiger partial charge in [-0.05, 0) is 55.5 Å². The van der Waals surface area contributed by atoms with Crippen molar-refractivity contribution in [1.82, 2.24) is 0 Å². The van der Waals surface area contributed by atoms with Gasteiger partial charge >= 0.3 is 0 Å². The Kier molecular flexibility index (Phi) is 6.45. The van der Waals surface area contributed by atoms with E-state index in [-0.39, 0.29) is 29.4 Å². The fourth-order valence-electron chi connectivity index (χ4n) is 3.55. The summed E-state index contributed by atoms with van der Waals surface area (Å²) in [6, 6.07) is 13.8. The van der Waals surface area contributed by atoms with Crippen LogP contribution in [0.3, 0.4) is 0 Å². The summed E-state index contributed by atoms with van der Waals surface area (Å²) in [6.45, 7) is 2.23. The lowest BCUT2D eigenvalue weighted by atomic mass is 10.2. The molecular weight excluding hydrogens is 460 g/mol. The third-order valence-electron chi connectivity index (χ3n) is 4.89. The van der Waals surface area contributed by atoms with Crippen LogP contribution in [-0.4, -0.2) is 55.5 Å². The number of carbonyl (C=O) groups is 1. The number of fused-ring (bicyclic) bond motifs is 1. The number of halogens is 1. The largest absolute Gasteiger partial charge is 0.494 e. The van der Waals surface area contributed by atoms with Gasteiger partial charge in [-0.2, -0.15) is 4.99 Å². The second-order valence-electron chi connectivity index (χ2n) is 7.13. The molecule has 31 heavy (non-hydrogen) atoms. The van der Waals surface area contributed by atoms with Crippen molar-refractivity contribution in [3.63, 3.8) is 0 Å². The summed E-state index contributed by atoms with van der Waals surface area (Å²) in [5.41, 5.74) is 0.769. The summed E-state index contributed by atoms with van der Waals surface area (Å²) in [7, 11) is -3.13. The van der Waals surface area contributed by atoms with E-state index in [0.29, 0.717) is 22.5 Å². The Hall–Kier alpha value is -2.23. The summed E-state index contributed by atoms with van der Waals surface area (Å²) in [5, 5.41) is 0.896. The van der Waals surface area contributed by atoms with Crippen LogP contribution >= 0.6 is 23.4 Å². The molecule has 2 aliphatic heterocycles. The maximum absolute atomic E-state index is 12.5. The average molecular weight is 481 g/mol. The maximum Gasteiger partial charge on any atom is 0.285 e. The number of carbonyl (C=O) groups excluding carboxylic acids is 1. The van der Waals surface area contributed by atoms with Crippen LogP contribution in [0.5, 0.6) is 11.5 Å². The van der Waals surface area contributed by atoms with E-state index >= 15 is 0 Å². The molecule has 2 aromatic rings. The number of thioether (sulfide) groups is 1. The molecule has 0 bridgehead atoms. The van der Waals surface area contributed by atoms with Gasteiger partial charge in [0.05, 0.1) is 24.2 Å². The standard InChI is InChI=1S/C21H21ClN2O5S2/c1-2-28-16-9-5-15(6-10-16)24-18-12-31(26,27)13-19(18)30-21(24)23-20(25)11-29-17-7-3-14(22)4-8-17/h3-10,18-19H,2,11-13H2,1H3. The van der Waals surface area contributed by atoms with Gasteiger partial charge in [-0.3, -0.25) is 4.79 Å². The van der Waals surface area contributed by atoms with E-state index in [1.165, 1.54) is 11.8 Å². The highest BCUT2D eigenvalue weighted by molar-refractivity contribution is 8.16. The first kappa shape index (κ1) is 22.0. The molecule has 0 radical (unpaired) electrons. The molecule has 0 saturated carbocycles. The van der Waals surface area contributed by atoms with Gasteiger partial charge in [-0.15, -0.1) is 0 Å². The third-order valence-corrected chi connectivity index (χ3v) is 8.35. The second kappa shape index (κ2) is 9.10. The predicted molar refractivity (Wildman–Crippen MR) is 123 cm³/mol. The number of amides is 1. The molecule has 0 N–H and O–H groups in total. The van der Waals surface area contributed by atoms with Crippen molar-refractivity contribution in [1.29, 1.82) is 0 Å². The lowest BCUT2D eigenvalue weighted by Crippen LogP contribution is -2.37. The molecule has 2 aliphatic rings. The van der Waals surface area contributed by atoms with Crippen molar-refractivity contribution in [2.24, 2.45) is 4.99 Å². The topological polar surface area (TPSA) is 85.3 Å². The molecule has 2 aromatic carbocycles. The number of hydrogen-bond donors (Lipinski definition) is 0. The molecule has 2 fully saturated rings. The third kappa shape index (κ3) is 5.16. The molecule has 2 heterocycles.